The Morgan fingerprint density at radius 2 is 2.24 bits per heavy atom. The first-order chi connectivity index (χ1) is 10.2. The molecule has 1 aromatic carbocycles. The van der Waals surface area contributed by atoms with Gasteiger partial charge in [0, 0.05) is 34.2 Å². The molecule has 0 saturated heterocycles. The van der Waals surface area contributed by atoms with Gasteiger partial charge in [-0.1, -0.05) is 28.9 Å². The van der Waals surface area contributed by atoms with Crippen molar-refractivity contribution < 1.29 is 0 Å². The van der Waals surface area contributed by atoms with Crippen LogP contribution in [0, 0.1) is 0 Å². The van der Waals surface area contributed by atoms with Gasteiger partial charge in [-0.25, -0.2) is 0 Å². The summed E-state index contributed by atoms with van der Waals surface area (Å²) < 4.78 is 1.15. The third-order valence-electron chi connectivity index (χ3n) is 4.12. The van der Waals surface area contributed by atoms with Gasteiger partial charge in [0.25, 0.3) is 0 Å². The molecule has 1 aliphatic rings. The molecular formula is C17H21BrN2S. The molecule has 0 bridgehead atoms. The molecule has 0 fully saturated rings. The van der Waals surface area contributed by atoms with Crippen LogP contribution in [-0.4, -0.2) is 13.1 Å². The highest BCUT2D eigenvalue weighted by Crippen LogP contribution is 2.34. The predicted octanol–water partition coefficient (Wildman–Crippen LogP) is 4.74. The molecule has 2 aromatic rings. The van der Waals surface area contributed by atoms with Gasteiger partial charge in [-0.05, 0) is 54.6 Å². The molecule has 1 aliphatic heterocycles. The first-order valence-corrected chi connectivity index (χ1v) is 9.19. The zero-order valence-electron chi connectivity index (χ0n) is 12.5. The Bertz CT molecular complexity index is 623. The third-order valence-corrected chi connectivity index (χ3v) is 5.63. The number of hydrogen-bond donors (Lipinski definition) is 1. The van der Waals surface area contributed by atoms with E-state index < -0.39 is 0 Å². The molecule has 3 rings (SSSR count). The fraction of sp³-hybridized carbons (Fsp3) is 0.412. The fourth-order valence-electron chi connectivity index (χ4n) is 3.03. The summed E-state index contributed by atoms with van der Waals surface area (Å²) in [5.41, 5.74) is 4.24. The Balaban J connectivity index is 1.92. The lowest BCUT2D eigenvalue weighted by Crippen LogP contribution is -2.31. The van der Waals surface area contributed by atoms with E-state index in [0.717, 1.165) is 30.5 Å². The van der Waals surface area contributed by atoms with Gasteiger partial charge >= 0.3 is 0 Å². The van der Waals surface area contributed by atoms with Crippen LogP contribution in [0.5, 0.6) is 0 Å². The Morgan fingerprint density at radius 3 is 3.05 bits per heavy atom. The van der Waals surface area contributed by atoms with Crippen molar-refractivity contribution in [3.63, 3.8) is 0 Å². The zero-order chi connectivity index (χ0) is 14.8. The summed E-state index contributed by atoms with van der Waals surface area (Å²) in [4.78, 5) is 4.07. The maximum Gasteiger partial charge on any atom is 0.0440 e. The van der Waals surface area contributed by atoms with Crippen LogP contribution >= 0.6 is 27.3 Å². The van der Waals surface area contributed by atoms with E-state index in [4.69, 9.17) is 0 Å². The molecule has 112 valence electrons. The molecule has 1 aromatic heterocycles. The van der Waals surface area contributed by atoms with Crippen molar-refractivity contribution in [2.75, 3.05) is 18.0 Å². The molecule has 1 unspecified atom stereocenters. The number of thiophene rings is 1. The lowest BCUT2D eigenvalue weighted by atomic mass is 10.0. The summed E-state index contributed by atoms with van der Waals surface area (Å²) in [5.74, 6) is 0. The van der Waals surface area contributed by atoms with Crippen LogP contribution in [0.25, 0.3) is 0 Å². The van der Waals surface area contributed by atoms with Crippen LogP contribution in [0.3, 0.4) is 0 Å². The van der Waals surface area contributed by atoms with E-state index in [0.29, 0.717) is 6.04 Å². The molecule has 0 aliphatic carbocycles. The standard InChI is InChI=1S/C17H21BrN2S/c1-3-19-12(2)15-5-4-14(18)10-16(15)20-8-6-17-13(11-20)7-9-21-17/h4-5,7,9-10,12,19H,3,6,8,11H2,1-2H3. The van der Waals surface area contributed by atoms with Crippen LogP contribution in [0.15, 0.2) is 34.1 Å². The predicted molar refractivity (Wildman–Crippen MR) is 95.3 cm³/mol. The van der Waals surface area contributed by atoms with Crippen molar-refractivity contribution in [3.8, 4) is 0 Å². The Hall–Kier alpha value is -0.840. The largest absolute Gasteiger partial charge is 0.366 e. The molecule has 21 heavy (non-hydrogen) atoms. The first-order valence-electron chi connectivity index (χ1n) is 7.52. The highest BCUT2D eigenvalue weighted by Gasteiger charge is 2.21. The van der Waals surface area contributed by atoms with Gasteiger partial charge in [-0.3, -0.25) is 0 Å². The molecule has 2 heterocycles. The van der Waals surface area contributed by atoms with Crippen LogP contribution in [0.2, 0.25) is 0 Å². The highest BCUT2D eigenvalue weighted by atomic mass is 79.9. The molecule has 0 amide bonds. The second-order valence-electron chi connectivity index (χ2n) is 5.52. The van der Waals surface area contributed by atoms with E-state index in [-0.39, 0.29) is 0 Å². The number of fused-ring (bicyclic) bond motifs is 1. The van der Waals surface area contributed by atoms with Crippen molar-refractivity contribution in [1.29, 1.82) is 0 Å². The number of nitrogens with zero attached hydrogens (tertiary/aromatic N) is 1. The van der Waals surface area contributed by atoms with Gasteiger partial charge in [-0.15, -0.1) is 11.3 Å². The van der Waals surface area contributed by atoms with Gasteiger partial charge in [0.1, 0.15) is 0 Å². The number of hydrogen-bond acceptors (Lipinski definition) is 3. The van der Waals surface area contributed by atoms with Crippen molar-refractivity contribution >= 4 is 33.0 Å². The lowest BCUT2D eigenvalue weighted by molar-refractivity contribution is 0.594. The van der Waals surface area contributed by atoms with Crippen molar-refractivity contribution in [3.05, 3.63) is 50.1 Å². The molecule has 0 spiro atoms. The number of rotatable bonds is 4. The SMILES string of the molecule is CCNC(C)c1ccc(Br)cc1N1CCc2sccc2C1. The quantitative estimate of drug-likeness (QED) is 0.842. The Morgan fingerprint density at radius 1 is 1.38 bits per heavy atom. The smallest absolute Gasteiger partial charge is 0.0440 e. The van der Waals surface area contributed by atoms with E-state index >= 15 is 0 Å². The maximum absolute atomic E-state index is 3.63. The lowest BCUT2D eigenvalue weighted by Gasteiger charge is -2.32. The monoisotopic (exact) mass is 364 g/mol. The number of benzene rings is 1. The molecule has 2 nitrogen and oxygen atoms in total. The Labute approximate surface area is 139 Å². The molecule has 1 atom stereocenters. The minimum absolute atomic E-state index is 0.377. The average molecular weight is 365 g/mol. The van der Waals surface area contributed by atoms with E-state index in [9.17, 15) is 0 Å². The normalized spacial score (nSPS) is 15.9. The summed E-state index contributed by atoms with van der Waals surface area (Å²) in [6.45, 7) is 7.53. The number of anilines is 1. The minimum Gasteiger partial charge on any atom is -0.366 e. The number of nitrogens with one attached hydrogen (secondary N) is 1. The fourth-order valence-corrected chi connectivity index (χ4v) is 4.27. The van der Waals surface area contributed by atoms with Gasteiger partial charge in [-0.2, -0.15) is 0 Å². The Kier molecular flexibility index (Phi) is 4.67. The van der Waals surface area contributed by atoms with Gasteiger partial charge in [0.15, 0.2) is 0 Å². The summed E-state index contributed by atoms with van der Waals surface area (Å²) >= 11 is 5.53. The molecule has 1 N–H and O–H groups in total. The maximum atomic E-state index is 3.63. The minimum atomic E-state index is 0.377. The summed E-state index contributed by atoms with van der Waals surface area (Å²) in [7, 11) is 0. The molecule has 0 saturated carbocycles. The second-order valence-corrected chi connectivity index (χ2v) is 7.44. The summed E-state index contributed by atoms with van der Waals surface area (Å²) in [6, 6.07) is 9.31. The molecule has 0 radical (unpaired) electrons. The topological polar surface area (TPSA) is 15.3 Å². The van der Waals surface area contributed by atoms with Crippen LogP contribution in [-0.2, 0) is 13.0 Å². The summed E-state index contributed by atoms with van der Waals surface area (Å²) in [6.07, 6.45) is 1.16. The van der Waals surface area contributed by atoms with Crippen molar-refractivity contribution in [2.45, 2.75) is 32.9 Å². The second kappa shape index (κ2) is 6.51. The van der Waals surface area contributed by atoms with Gasteiger partial charge in [0.2, 0.25) is 0 Å². The third kappa shape index (κ3) is 3.17. The zero-order valence-corrected chi connectivity index (χ0v) is 14.9. The van der Waals surface area contributed by atoms with Gasteiger partial charge in [0.05, 0.1) is 0 Å². The van der Waals surface area contributed by atoms with Crippen LogP contribution in [0.4, 0.5) is 5.69 Å². The van der Waals surface area contributed by atoms with Crippen LogP contribution < -0.4 is 10.2 Å². The van der Waals surface area contributed by atoms with E-state index in [1.807, 2.05) is 11.3 Å². The van der Waals surface area contributed by atoms with E-state index in [1.165, 1.54) is 16.8 Å². The van der Waals surface area contributed by atoms with Crippen molar-refractivity contribution in [2.24, 2.45) is 0 Å². The number of halogens is 1. The molecular weight excluding hydrogens is 344 g/mol. The highest BCUT2D eigenvalue weighted by molar-refractivity contribution is 9.10. The van der Waals surface area contributed by atoms with E-state index in [1.54, 1.807) is 4.88 Å². The van der Waals surface area contributed by atoms with E-state index in [2.05, 4.69) is 69.6 Å². The molecule has 4 heteroatoms. The average Bonchev–Trinajstić information content (AvgIpc) is 2.94. The summed E-state index contributed by atoms with van der Waals surface area (Å²) in [5, 5.41) is 5.75. The first kappa shape index (κ1) is 15.1. The van der Waals surface area contributed by atoms with Gasteiger partial charge < -0.3 is 10.2 Å². The van der Waals surface area contributed by atoms with Crippen LogP contribution in [0.1, 0.15) is 35.9 Å². The van der Waals surface area contributed by atoms with Crippen molar-refractivity contribution in [1.82, 2.24) is 5.32 Å².